The summed E-state index contributed by atoms with van der Waals surface area (Å²) in [6.07, 6.45) is 1.80. The van der Waals surface area contributed by atoms with E-state index in [0.29, 0.717) is 30.2 Å². The molecule has 2 heterocycles. The van der Waals surface area contributed by atoms with Gasteiger partial charge >= 0.3 is 0 Å². The number of nitrogens with zero attached hydrogens (tertiary/aromatic N) is 1. The Balaban J connectivity index is 1.64. The Hall–Kier alpha value is -2.05. The molecule has 6 nitrogen and oxygen atoms in total. The monoisotopic (exact) mass is 331 g/mol. The summed E-state index contributed by atoms with van der Waals surface area (Å²) < 4.78 is 22.5. The Morgan fingerprint density at radius 2 is 2.17 bits per heavy atom. The first kappa shape index (κ1) is 15.5. The van der Waals surface area contributed by atoms with Crippen LogP contribution in [0.15, 0.2) is 28.7 Å². The number of carbonyl (C=O) groups is 1. The Kier molecular flexibility index (Phi) is 3.94. The van der Waals surface area contributed by atoms with Gasteiger partial charge in [-0.15, -0.1) is 0 Å². The predicted molar refractivity (Wildman–Crippen MR) is 87.4 cm³/mol. The Bertz CT molecular complexity index is 755. The maximum atomic E-state index is 13.0. The number of hydrogen-bond donors (Lipinski definition) is 0. The zero-order valence-corrected chi connectivity index (χ0v) is 13.9. The third kappa shape index (κ3) is 2.37. The van der Waals surface area contributed by atoms with Crippen molar-refractivity contribution in [3.63, 3.8) is 0 Å². The van der Waals surface area contributed by atoms with E-state index < -0.39 is 0 Å². The molecule has 6 heteroatoms. The van der Waals surface area contributed by atoms with Gasteiger partial charge in [-0.1, -0.05) is 12.1 Å². The van der Waals surface area contributed by atoms with Gasteiger partial charge in [-0.2, -0.15) is 0 Å². The van der Waals surface area contributed by atoms with Crippen molar-refractivity contribution in [3.8, 4) is 5.75 Å². The topological polar surface area (TPSA) is 61.1 Å². The molecule has 0 spiro atoms. The maximum Gasteiger partial charge on any atom is 0.290 e. The molecule has 0 radical (unpaired) electrons. The van der Waals surface area contributed by atoms with Crippen molar-refractivity contribution >= 4 is 16.9 Å². The molecule has 1 amide bonds. The smallest absolute Gasteiger partial charge is 0.290 e. The minimum Gasteiger partial charge on any atom is -0.493 e. The van der Waals surface area contributed by atoms with Crippen LogP contribution >= 0.6 is 0 Å². The Morgan fingerprint density at radius 1 is 1.29 bits per heavy atom. The summed E-state index contributed by atoms with van der Waals surface area (Å²) in [5, 5.41) is 0.865. The van der Waals surface area contributed by atoms with Crippen LogP contribution in [0.3, 0.4) is 0 Å². The molecule has 2 aliphatic rings. The molecule has 1 saturated heterocycles. The molecule has 0 bridgehead atoms. The van der Waals surface area contributed by atoms with Crippen molar-refractivity contribution in [2.24, 2.45) is 0 Å². The molecule has 0 unspecified atom stereocenters. The number of benzene rings is 1. The van der Waals surface area contributed by atoms with Gasteiger partial charge in [0.2, 0.25) is 0 Å². The maximum absolute atomic E-state index is 13.0. The van der Waals surface area contributed by atoms with Crippen molar-refractivity contribution in [3.05, 3.63) is 30.0 Å². The van der Waals surface area contributed by atoms with Gasteiger partial charge in [0.05, 0.1) is 25.9 Å². The van der Waals surface area contributed by atoms with Crippen LogP contribution in [-0.2, 0) is 9.47 Å². The summed E-state index contributed by atoms with van der Waals surface area (Å²) >= 11 is 0. The van der Waals surface area contributed by atoms with Crippen molar-refractivity contribution in [2.75, 3.05) is 27.4 Å². The largest absolute Gasteiger partial charge is 0.493 e. The first-order valence-electron chi connectivity index (χ1n) is 8.25. The first-order valence-corrected chi connectivity index (χ1v) is 8.25. The highest BCUT2D eigenvalue weighted by atomic mass is 16.5. The Morgan fingerprint density at radius 3 is 2.96 bits per heavy atom. The number of para-hydroxylation sites is 1. The highest BCUT2D eigenvalue weighted by Gasteiger charge is 2.45. The summed E-state index contributed by atoms with van der Waals surface area (Å²) in [6, 6.07) is 7.46. The molecule has 1 aromatic heterocycles. The number of carbonyl (C=O) groups excluding carboxylic acids is 1. The molecule has 2 fully saturated rings. The van der Waals surface area contributed by atoms with E-state index in [9.17, 15) is 4.79 Å². The number of rotatable bonds is 3. The van der Waals surface area contributed by atoms with E-state index in [2.05, 4.69) is 0 Å². The summed E-state index contributed by atoms with van der Waals surface area (Å²) in [7, 11) is 3.29. The fourth-order valence-electron chi connectivity index (χ4n) is 3.86. The second kappa shape index (κ2) is 6.11. The lowest BCUT2D eigenvalue weighted by molar-refractivity contribution is -0.0950. The molecule has 128 valence electrons. The molecule has 1 aromatic carbocycles. The minimum absolute atomic E-state index is 0.0475. The van der Waals surface area contributed by atoms with Gasteiger partial charge in [0.1, 0.15) is 6.10 Å². The first-order chi connectivity index (χ1) is 11.7. The fourth-order valence-corrected chi connectivity index (χ4v) is 3.86. The van der Waals surface area contributed by atoms with Crippen LogP contribution in [0.4, 0.5) is 0 Å². The number of fused-ring (bicyclic) bond motifs is 2. The van der Waals surface area contributed by atoms with E-state index in [1.807, 2.05) is 23.1 Å². The molecule has 1 aliphatic carbocycles. The van der Waals surface area contributed by atoms with Gasteiger partial charge in [-0.3, -0.25) is 4.79 Å². The van der Waals surface area contributed by atoms with Crippen molar-refractivity contribution in [1.29, 1.82) is 0 Å². The van der Waals surface area contributed by atoms with Gasteiger partial charge in [0.25, 0.3) is 5.91 Å². The summed E-state index contributed by atoms with van der Waals surface area (Å²) in [5.41, 5.74) is 0.606. The van der Waals surface area contributed by atoms with E-state index in [1.54, 1.807) is 20.3 Å². The van der Waals surface area contributed by atoms with E-state index >= 15 is 0 Å². The van der Waals surface area contributed by atoms with E-state index in [-0.39, 0.29) is 24.2 Å². The molecule has 24 heavy (non-hydrogen) atoms. The SMILES string of the molecule is COc1cccc2cc(C(=O)N3CCO[C@H]4[C@@H](OC)CC[C@@H]43)oc12. The highest BCUT2D eigenvalue weighted by Crippen LogP contribution is 2.34. The molecule has 1 aliphatic heterocycles. The second-order valence-corrected chi connectivity index (χ2v) is 6.24. The second-order valence-electron chi connectivity index (χ2n) is 6.24. The van der Waals surface area contributed by atoms with Gasteiger partial charge in [-0.25, -0.2) is 0 Å². The Labute approximate surface area is 140 Å². The third-order valence-electron chi connectivity index (χ3n) is 5.04. The van der Waals surface area contributed by atoms with Crippen LogP contribution in [0.1, 0.15) is 23.4 Å². The zero-order valence-electron chi connectivity index (χ0n) is 13.9. The van der Waals surface area contributed by atoms with Crippen LogP contribution in [0.25, 0.3) is 11.0 Å². The van der Waals surface area contributed by atoms with Crippen molar-refractivity contribution in [2.45, 2.75) is 31.1 Å². The third-order valence-corrected chi connectivity index (χ3v) is 5.04. The van der Waals surface area contributed by atoms with Gasteiger partial charge in [0, 0.05) is 19.0 Å². The van der Waals surface area contributed by atoms with Gasteiger partial charge < -0.3 is 23.5 Å². The molecular formula is C18H21NO5. The van der Waals surface area contributed by atoms with Crippen LogP contribution < -0.4 is 4.74 Å². The standard InChI is InChI=1S/C18H21NO5/c1-21-13-5-3-4-11-10-15(24-16(11)13)18(20)19-8-9-23-17-12(19)6-7-14(17)22-2/h3-5,10,12,14,17H,6-9H2,1-2H3/t12-,14-,17+/m0/s1. The summed E-state index contributed by atoms with van der Waals surface area (Å²) in [5.74, 6) is 0.881. The van der Waals surface area contributed by atoms with Crippen LogP contribution in [0.2, 0.25) is 0 Å². The minimum atomic E-state index is -0.0942. The molecule has 3 atom stereocenters. The molecule has 1 saturated carbocycles. The van der Waals surface area contributed by atoms with Gasteiger partial charge in [0.15, 0.2) is 17.1 Å². The number of morpholine rings is 1. The van der Waals surface area contributed by atoms with E-state index in [1.165, 1.54) is 0 Å². The average Bonchev–Trinajstić information content (AvgIpc) is 3.24. The number of methoxy groups -OCH3 is 2. The number of hydrogen-bond acceptors (Lipinski definition) is 5. The number of furan rings is 1. The molecule has 0 N–H and O–H groups in total. The predicted octanol–water partition coefficient (Wildman–Crippen LogP) is 2.46. The lowest BCUT2D eigenvalue weighted by atomic mass is 10.1. The van der Waals surface area contributed by atoms with E-state index in [4.69, 9.17) is 18.6 Å². The van der Waals surface area contributed by atoms with Crippen LogP contribution in [0.5, 0.6) is 5.75 Å². The lowest BCUT2D eigenvalue weighted by Gasteiger charge is -2.38. The quantitative estimate of drug-likeness (QED) is 0.864. The lowest BCUT2D eigenvalue weighted by Crippen LogP contribution is -2.53. The molecule has 2 aromatic rings. The van der Waals surface area contributed by atoms with E-state index in [0.717, 1.165) is 18.2 Å². The van der Waals surface area contributed by atoms with Crippen LogP contribution in [0, 0.1) is 0 Å². The summed E-state index contributed by atoms with van der Waals surface area (Å²) in [6.45, 7) is 1.10. The van der Waals surface area contributed by atoms with Crippen molar-refractivity contribution < 1.29 is 23.4 Å². The normalized spacial score (nSPS) is 26.6. The average molecular weight is 331 g/mol. The van der Waals surface area contributed by atoms with Crippen molar-refractivity contribution in [1.82, 2.24) is 4.90 Å². The highest BCUT2D eigenvalue weighted by molar-refractivity contribution is 5.97. The number of ether oxygens (including phenoxy) is 3. The molecular weight excluding hydrogens is 310 g/mol. The molecule has 4 rings (SSSR count). The number of amides is 1. The summed E-state index contributed by atoms with van der Waals surface area (Å²) in [4.78, 5) is 14.9. The van der Waals surface area contributed by atoms with Gasteiger partial charge in [-0.05, 0) is 25.0 Å². The zero-order chi connectivity index (χ0) is 16.7. The van der Waals surface area contributed by atoms with Crippen LogP contribution in [-0.4, -0.2) is 56.4 Å². The fraction of sp³-hybridized carbons (Fsp3) is 0.500.